The highest BCUT2D eigenvalue weighted by Gasteiger charge is 2.36. The highest BCUT2D eigenvalue weighted by atomic mass is 16.2. The van der Waals surface area contributed by atoms with E-state index in [0.29, 0.717) is 0 Å². The number of carbonyl (C=O) groups excluding carboxylic acids is 1. The Morgan fingerprint density at radius 2 is 2.11 bits per heavy atom. The minimum Gasteiger partial charge on any atom is -0.361 e. The van der Waals surface area contributed by atoms with E-state index in [4.69, 9.17) is 0 Å². The van der Waals surface area contributed by atoms with Crippen molar-refractivity contribution >= 4 is 17.3 Å². The zero-order valence-corrected chi connectivity index (χ0v) is 10.5. The molecule has 3 aliphatic rings. The van der Waals surface area contributed by atoms with E-state index in [0.717, 1.165) is 30.8 Å². The van der Waals surface area contributed by atoms with E-state index >= 15 is 0 Å². The molecule has 1 saturated heterocycles. The summed E-state index contributed by atoms with van der Waals surface area (Å²) < 4.78 is 0. The molecule has 0 saturated carbocycles. The lowest BCUT2D eigenvalue weighted by Gasteiger charge is -2.32. The predicted molar refractivity (Wildman–Crippen MR) is 73.5 cm³/mol. The summed E-state index contributed by atoms with van der Waals surface area (Å²) >= 11 is 0. The molecule has 0 radical (unpaired) electrons. The number of hydrogen-bond acceptors (Lipinski definition) is 3. The maximum Gasteiger partial charge on any atom is 0.323 e. The summed E-state index contributed by atoms with van der Waals surface area (Å²) in [4.78, 5) is 14.0. The first-order valence-electron chi connectivity index (χ1n) is 6.70. The van der Waals surface area contributed by atoms with Gasteiger partial charge in [0, 0.05) is 29.6 Å². The van der Waals surface area contributed by atoms with Crippen LogP contribution in [0.2, 0.25) is 0 Å². The monoisotopic (exact) mass is 256 g/mol. The Morgan fingerprint density at radius 3 is 2.95 bits per heavy atom. The van der Waals surface area contributed by atoms with Gasteiger partial charge >= 0.3 is 6.03 Å². The lowest BCUT2D eigenvalue weighted by molar-refractivity contribution is 0.199. The molecule has 1 aromatic carbocycles. The van der Waals surface area contributed by atoms with Gasteiger partial charge in [-0.3, -0.25) is 4.90 Å². The molecule has 2 unspecified atom stereocenters. The second-order valence-corrected chi connectivity index (χ2v) is 5.21. The zero-order valence-electron chi connectivity index (χ0n) is 10.5. The molecule has 2 atom stereocenters. The molecule has 0 bridgehead atoms. The van der Waals surface area contributed by atoms with Crippen LogP contribution in [0, 0.1) is 0 Å². The number of fused-ring (bicyclic) bond motifs is 3. The van der Waals surface area contributed by atoms with Crippen molar-refractivity contribution < 1.29 is 4.79 Å². The third kappa shape index (κ3) is 1.62. The predicted octanol–water partition coefficient (Wildman–Crippen LogP) is 1.17. The number of rotatable bonds is 1. The van der Waals surface area contributed by atoms with Gasteiger partial charge in [-0.2, -0.15) is 0 Å². The fourth-order valence-corrected chi connectivity index (χ4v) is 3.06. The van der Waals surface area contributed by atoms with Gasteiger partial charge in [0.1, 0.15) is 6.17 Å². The second-order valence-electron chi connectivity index (χ2n) is 5.21. The SMILES string of the molecule is O=C1NC2Nc3ccccc3C2=CN1C1CCNC1. The second kappa shape index (κ2) is 3.99. The quantitative estimate of drug-likeness (QED) is 0.707. The van der Waals surface area contributed by atoms with Crippen LogP contribution in [0.5, 0.6) is 0 Å². The Kier molecular flexibility index (Phi) is 2.29. The van der Waals surface area contributed by atoms with Crippen LogP contribution in [-0.2, 0) is 0 Å². The molecule has 98 valence electrons. The molecule has 0 aliphatic carbocycles. The van der Waals surface area contributed by atoms with E-state index in [1.165, 1.54) is 5.56 Å². The molecule has 3 N–H and O–H groups in total. The van der Waals surface area contributed by atoms with Gasteiger partial charge in [-0.05, 0) is 19.0 Å². The first-order chi connectivity index (χ1) is 9.33. The summed E-state index contributed by atoms with van der Waals surface area (Å²) in [5.41, 5.74) is 3.43. The topological polar surface area (TPSA) is 56.4 Å². The molecule has 5 nitrogen and oxygen atoms in total. The average molecular weight is 256 g/mol. The van der Waals surface area contributed by atoms with E-state index in [2.05, 4.69) is 22.0 Å². The summed E-state index contributed by atoms with van der Waals surface area (Å²) in [6.07, 6.45) is 2.94. The molecular weight excluding hydrogens is 240 g/mol. The summed E-state index contributed by atoms with van der Waals surface area (Å²) in [5.74, 6) is 0. The first-order valence-corrected chi connectivity index (χ1v) is 6.70. The Labute approximate surface area is 111 Å². The summed E-state index contributed by atoms with van der Waals surface area (Å²) in [7, 11) is 0. The van der Waals surface area contributed by atoms with Crippen LogP contribution in [0.15, 0.2) is 30.5 Å². The van der Waals surface area contributed by atoms with Crippen LogP contribution >= 0.6 is 0 Å². The molecule has 5 heteroatoms. The maximum atomic E-state index is 12.2. The normalized spacial score (nSPS) is 28.3. The van der Waals surface area contributed by atoms with Gasteiger partial charge in [0.05, 0.1) is 6.04 Å². The Morgan fingerprint density at radius 1 is 1.21 bits per heavy atom. The molecule has 0 spiro atoms. The van der Waals surface area contributed by atoms with Gasteiger partial charge in [0.2, 0.25) is 0 Å². The van der Waals surface area contributed by atoms with Crippen molar-refractivity contribution in [1.29, 1.82) is 0 Å². The number of carbonyl (C=O) groups is 1. The number of para-hydroxylation sites is 1. The maximum absolute atomic E-state index is 12.2. The molecule has 1 fully saturated rings. The average Bonchev–Trinajstić information content (AvgIpc) is 3.04. The van der Waals surface area contributed by atoms with Crippen molar-refractivity contribution in [3.8, 4) is 0 Å². The van der Waals surface area contributed by atoms with Crippen molar-refractivity contribution in [2.75, 3.05) is 18.4 Å². The molecule has 1 aromatic rings. The lowest BCUT2D eigenvalue weighted by Crippen LogP contribution is -2.52. The minimum absolute atomic E-state index is 0.0113. The minimum atomic E-state index is -0.0875. The van der Waals surface area contributed by atoms with E-state index in [1.807, 2.05) is 29.3 Å². The van der Waals surface area contributed by atoms with Crippen LogP contribution in [0.3, 0.4) is 0 Å². The number of benzene rings is 1. The van der Waals surface area contributed by atoms with Gasteiger partial charge in [-0.1, -0.05) is 18.2 Å². The third-order valence-corrected chi connectivity index (χ3v) is 4.06. The molecule has 3 aliphatic heterocycles. The van der Waals surface area contributed by atoms with Crippen LogP contribution < -0.4 is 16.0 Å². The smallest absolute Gasteiger partial charge is 0.323 e. The molecule has 19 heavy (non-hydrogen) atoms. The highest BCUT2D eigenvalue weighted by molar-refractivity contribution is 5.93. The summed E-state index contributed by atoms with van der Waals surface area (Å²) in [6.45, 7) is 1.85. The number of anilines is 1. The standard InChI is InChI=1S/C14H16N4O/c19-14-17-13-11(8-18(14)9-5-6-15-7-9)10-3-1-2-4-12(10)16-13/h1-4,8-9,13,15-16H,5-7H2,(H,17,19). The lowest BCUT2D eigenvalue weighted by atomic mass is 10.1. The molecule has 0 aromatic heterocycles. The molecular formula is C14H16N4O. The van der Waals surface area contributed by atoms with E-state index in [1.54, 1.807) is 0 Å². The van der Waals surface area contributed by atoms with Crippen molar-refractivity contribution in [2.24, 2.45) is 0 Å². The third-order valence-electron chi connectivity index (χ3n) is 4.06. The molecule has 2 amide bonds. The van der Waals surface area contributed by atoms with Crippen molar-refractivity contribution in [2.45, 2.75) is 18.6 Å². The Hall–Kier alpha value is -2.01. The fourth-order valence-electron chi connectivity index (χ4n) is 3.06. The van der Waals surface area contributed by atoms with Crippen LogP contribution in [-0.4, -0.2) is 36.2 Å². The van der Waals surface area contributed by atoms with Gasteiger partial charge in [0.25, 0.3) is 0 Å². The van der Waals surface area contributed by atoms with Gasteiger partial charge in [-0.15, -0.1) is 0 Å². The summed E-state index contributed by atoms with van der Waals surface area (Å²) in [5, 5.41) is 9.67. The van der Waals surface area contributed by atoms with Crippen molar-refractivity contribution in [3.63, 3.8) is 0 Å². The Bertz CT molecular complexity index is 562. The first kappa shape index (κ1) is 10.9. The van der Waals surface area contributed by atoms with E-state index in [9.17, 15) is 4.79 Å². The van der Waals surface area contributed by atoms with Crippen LogP contribution in [0.25, 0.3) is 5.57 Å². The molecule has 4 rings (SSSR count). The number of nitrogens with zero attached hydrogens (tertiary/aromatic N) is 1. The summed E-state index contributed by atoms with van der Waals surface area (Å²) in [6, 6.07) is 8.42. The van der Waals surface area contributed by atoms with E-state index < -0.39 is 0 Å². The number of amides is 2. The zero-order chi connectivity index (χ0) is 12.8. The molecule has 3 heterocycles. The number of hydrogen-bond donors (Lipinski definition) is 3. The largest absolute Gasteiger partial charge is 0.361 e. The van der Waals surface area contributed by atoms with Crippen LogP contribution in [0.4, 0.5) is 10.5 Å². The fraction of sp³-hybridized carbons (Fsp3) is 0.357. The van der Waals surface area contributed by atoms with Crippen molar-refractivity contribution in [3.05, 3.63) is 36.0 Å². The van der Waals surface area contributed by atoms with Crippen molar-refractivity contribution in [1.82, 2.24) is 15.5 Å². The highest BCUT2D eigenvalue weighted by Crippen LogP contribution is 2.36. The van der Waals surface area contributed by atoms with E-state index in [-0.39, 0.29) is 18.2 Å². The van der Waals surface area contributed by atoms with Crippen LogP contribution in [0.1, 0.15) is 12.0 Å². The van der Waals surface area contributed by atoms with Gasteiger partial charge in [-0.25, -0.2) is 4.79 Å². The Balaban J connectivity index is 1.73. The van der Waals surface area contributed by atoms with Gasteiger partial charge < -0.3 is 16.0 Å². The van der Waals surface area contributed by atoms with Gasteiger partial charge in [0.15, 0.2) is 0 Å². The number of urea groups is 1. The number of nitrogens with one attached hydrogen (secondary N) is 3.